The van der Waals surface area contributed by atoms with Crippen molar-refractivity contribution in [1.29, 1.82) is 0 Å². The van der Waals surface area contributed by atoms with Gasteiger partial charge in [0.2, 0.25) is 11.8 Å². The van der Waals surface area contributed by atoms with Gasteiger partial charge in [0.25, 0.3) is 0 Å². The van der Waals surface area contributed by atoms with Crippen LogP contribution in [0.15, 0.2) is 24.3 Å². The molecule has 0 saturated heterocycles. The second-order valence-corrected chi connectivity index (χ2v) is 5.76. The van der Waals surface area contributed by atoms with Crippen molar-refractivity contribution in [3.05, 3.63) is 24.3 Å². The zero-order valence-corrected chi connectivity index (χ0v) is 13.8. The maximum atomic E-state index is 12.4. The quantitative estimate of drug-likeness (QED) is 0.789. The average molecular weight is 334 g/mol. The predicted molar refractivity (Wildman–Crippen MR) is 87.7 cm³/mol. The molecule has 1 aliphatic carbocycles. The molecule has 1 saturated carbocycles. The Morgan fingerprint density at radius 1 is 1.29 bits per heavy atom. The number of nitrogens with zero attached hydrogens (tertiary/aromatic N) is 1. The highest BCUT2D eigenvalue weighted by Crippen LogP contribution is 2.35. The van der Waals surface area contributed by atoms with Crippen LogP contribution in [0.25, 0.3) is 0 Å². The summed E-state index contributed by atoms with van der Waals surface area (Å²) >= 11 is 0. The van der Waals surface area contributed by atoms with E-state index in [0.717, 1.165) is 0 Å². The Labute approximate surface area is 140 Å². The van der Waals surface area contributed by atoms with Gasteiger partial charge in [-0.1, -0.05) is 6.07 Å². The first kappa shape index (κ1) is 17.8. The lowest BCUT2D eigenvalue weighted by molar-refractivity contribution is -0.156. The highest BCUT2D eigenvalue weighted by molar-refractivity contribution is 5.95. The molecular weight excluding hydrogens is 312 g/mol. The van der Waals surface area contributed by atoms with Crippen molar-refractivity contribution in [1.82, 2.24) is 4.90 Å². The van der Waals surface area contributed by atoms with E-state index in [-0.39, 0.29) is 18.4 Å². The lowest BCUT2D eigenvalue weighted by atomic mass is 9.73. The molecule has 0 spiro atoms. The molecule has 2 N–H and O–H groups in total. The van der Waals surface area contributed by atoms with Crippen molar-refractivity contribution in [2.24, 2.45) is 11.8 Å². The number of aliphatic carboxylic acids is 1. The first-order valence-corrected chi connectivity index (χ1v) is 7.91. The minimum Gasteiger partial charge on any atom is -0.497 e. The van der Waals surface area contributed by atoms with Crippen molar-refractivity contribution in [3.63, 3.8) is 0 Å². The van der Waals surface area contributed by atoms with Gasteiger partial charge in [0.15, 0.2) is 0 Å². The van der Waals surface area contributed by atoms with Crippen LogP contribution in [-0.4, -0.2) is 48.0 Å². The molecule has 1 aliphatic rings. The topological polar surface area (TPSA) is 95.9 Å². The van der Waals surface area contributed by atoms with Gasteiger partial charge in [-0.3, -0.25) is 14.4 Å². The number of amides is 2. The molecule has 0 heterocycles. The molecular formula is C17H22N2O5. The monoisotopic (exact) mass is 334 g/mol. The Balaban J connectivity index is 1.95. The van der Waals surface area contributed by atoms with Gasteiger partial charge >= 0.3 is 5.97 Å². The van der Waals surface area contributed by atoms with Crippen LogP contribution in [-0.2, 0) is 14.4 Å². The van der Waals surface area contributed by atoms with Gasteiger partial charge < -0.3 is 20.1 Å². The molecule has 2 atom stereocenters. The lowest BCUT2D eigenvalue weighted by Crippen LogP contribution is -2.48. The summed E-state index contributed by atoms with van der Waals surface area (Å²) in [4.78, 5) is 37.1. The first-order valence-electron chi connectivity index (χ1n) is 7.91. The number of hydrogen-bond donors (Lipinski definition) is 2. The second-order valence-electron chi connectivity index (χ2n) is 5.76. The highest BCUT2D eigenvalue weighted by Gasteiger charge is 2.43. The van der Waals surface area contributed by atoms with Crippen LogP contribution in [0, 0.1) is 11.8 Å². The van der Waals surface area contributed by atoms with Crippen LogP contribution in [0.4, 0.5) is 5.69 Å². The van der Waals surface area contributed by atoms with Crippen LogP contribution in [0.5, 0.6) is 5.75 Å². The fourth-order valence-electron chi connectivity index (χ4n) is 2.75. The third-order valence-electron chi connectivity index (χ3n) is 4.29. The van der Waals surface area contributed by atoms with Gasteiger partial charge in [-0.15, -0.1) is 0 Å². The number of rotatable bonds is 7. The van der Waals surface area contributed by atoms with Crippen molar-refractivity contribution >= 4 is 23.5 Å². The number of nitrogens with one attached hydrogen (secondary N) is 1. The number of carboxylic acids is 1. The number of hydrogen-bond acceptors (Lipinski definition) is 4. The summed E-state index contributed by atoms with van der Waals surface area (Å²) < 4.78 is 5.09. The van der Waals surface area contributed by atoms with Gasteiger partial charge in [-0.05, 0) is 31.9 Å². The Morgan fingerprint density at radius 2 is 2.00 bits per heavy atom. The van der Waals surface area contributed by atoms with Gasteiger partial charge in [-0.25, -0.2) is 0 Å². The van der Waals surface area contributed by atoms with Crippen molar-refractivity contribution in [3.8, 4) is 5.75 Å². The molecule has 1 fully saturated rings. The molecule has 7 nitrogen and oxygen atoms in total. The van der Waals surface area contributed by atoms with Crippen LogP contribution in [0.1, 0.15) is 19.8 Å². The van der Waals surface area contributed by atoms with Crippen LogP contribution < -0.4 is 10.1 Å². The zero-order valence-electron chi connectivity index (χ0n) is 13.8. The zero-order chi connectivity index (χ0) is 17.7. The molecule has 0 bridgehead atoms. The van der Waals surface area contributed by atoms with E-state index < -0.39 is 17.8 Å². The molecule has 0 radical (unpaired) electrons. The van der Waals surface area contributed by atoms with Crippen molar-refractivity contribution < 1.29 is 24.2 Å². The molecule has 1 aromatic carbocycles. The summed E-state index contributed by atoms with van der Waals surface area (Å²) in [6.45, 7) is 2.02. The molecule has 7 heteroatoms. The average Bonchev–Trinajstić information content (AvgIpc) is 2.51. The third-order valence-corrected chi connectivity index (χ3v) is 4.29. The number of methoxy groups -OCH3 is 1. The summed E-state index contributed by atoms with van der Waals surface area (Å²) in [5, 5.41) is 11.8. The van der Waals surface area contributed by atoms with Crippen molar-refractivity contribution in [2.45, 2.75) is 19.8 Å². The lowest BCUT2D eigenvalue weighted by Gasteiger charge is -2.35. The van der Waals surface area contributed by atoms with Crippen LogP contribution >= 0.6 is 0 Å². The van der Waals surface area contributed by atoms with E-state index in [1.54, 1.807) is 31.2 Å². The molecule has 24 heavy (non-hydrogen) atoms. The number of benzene rings is 1. The fourth-order valence-corrected chi connectivity index (χ4v) is 2.75. The molecule has 0 aliphatic heterocycles. The number of carbonyl (C=O) groups is 3. The standard InChI is InChI=1S/C17H22N2O5/c1-3-19(16(21)13-7-8-14(13)17(22)23)10-15(20)18-11-5-4-6-12(9-11)24-2/h4-6,9,13-14H,3,7-8,10H2,1-2H3,(H,18,20)(H,22,23). The molecule has 130 valence electrons. The number of ether oxygens (including phenoxy) is 1. The second kappa shape index (κ2) is 7.81. The van der Waals surface area contributed by atoms with E-state index in [1.165, 1.54) is 12.0 Å². The summed E-state index contributed by atoms with van der Waals surface area (Å²) in [6, 6.07) is 6.93. The summed E-state index contributed by atoms with van der Waals surface area (Å²) in [5.74, 6) is -2.08. The molecule has 1 aromatic rings. The maximum absolute atomic E-state index is 12.4. The highest BCUT2D eigenvalue weighted by atomic mass is 16.5. The van der Waals surface area contributed by atoms with Gasteiger partial charge in [0, 0.05) is 18.3 Å². The van der Waals surface area contributed by atoms with Crippen LogP contribution in [0.3, 0.4) is 0 Å². The predicted octanol–water partition coefficient (Wildman–Crippen LogP) is 1.59. The smallest absolute Gasteiger partial charge is 0.307 e. The molecule has 0 aromatic heterocycles. The van der Waals surface area contributed by atoms with E-state index >= 15 is 0 Å². The van der Waals surface area contributed by atoms with E-state index in [4.69, 9.17) is 9.84 Å². The van der Waals surface area contributed by atoms with E-state index in [9.17, 15) is 14.4 Å². The SMILES string of the molecule is CCN(CC(=O)Nc1cccc(OC)c1)C(=O)C1CCC1C(=O)O. The Kier molecular flexibility index (Phi) is 5.78. The molecule has 2 amide bonds. The Hall–Kier alpha value is -2.57. The summed E-state index contributed by atoms with van der Waals surface area (Å²) in [6.07, 6.45) is 1.07. The number of carbonyl (C=O) groups excluding carboxylic acids is 2. The largest absolute Gasteiger partial charge is 0.497 e. The number of anilines is 1. The summed E-state index contributed by atoms with van der Waals surface area (Å²) in [5.41, 5.74) is 0.579. The van der Waals surface area contributed by atoms with Crippen LogP contribution in [0.2, 0.25) is 0 Å². The number of likely N-dealkylation sites (N-methyl/N-ethyl adjacent to an activating group) is 1. The Morgan fingerprint density at radius 3 is 2.54 bits per heavy atom. The summed E-state index contributed by atoms with van der Waals surface area (Å²) in [7, 11) is 1.54. The van der Waals surface area contributed by atoms with E-state index in [2.05, 4.69) is 5.32 Å². The van der Waals surface area contributed by atoms with Crippen molar-refractivity contribution in [2.75, 3.05) is 25.5 Å². The van der Waals surface area contributed by atoms with Gasteiger partial charge in [-0.2, -0.15) is 0 Å². The van der Waals surface area contributed by atoms with E-state index in [0.29, 0.717) is 30.8 Å². The van der Waals surface area contributed by atoms with Gasteiger partial charge in [0.1, 0.15) is 5.75 Å². The first-order chi connectivity index (χ1) is 11.5. The minimum absolute atomic E-state index is 0.102. The van der Waals surface area contributed by atoms with Gasteiger partial charge in [0.05, 0.1) is 25.5 Å². The normalized spacial score (nSPS) is 19.1. The maximum Gasteiger partial charge on any atom is 0.307 e. The number of carboxylic acid groups (broad SMARTS) is 1. The fraction of sp³-hybridized carbons (Fsp3) is 0.471. The Bertz CT molecular complexity index is 631. The minimum atomic E-state index is -0.948. The van der Waals surface area contributed by atoms with E-state index in [1.807, 2.05) is 0 Å². The third kappa shape index (κ3) is 4.04. The molecule has 2 unspecified atom stereocenters. The molecule has 2 rings (SSSR count).